The first-order valence-corrected chi connectivity index (χ1v) is 10.3. The third-order valence-corrected chi connectivity index (χ3v) is 4.81. The summed E-state index contributed by atoms with van der Waals surface area (Å²) in [5.41, 5.74) is 8.35. The molecule has 0 fully saturated rings. The third-order valence-electron chi connectivity index (χ3n) is 4.81. The molecule has 7 nitrogen and oxygen atoms in total. The molecule has 0 atom stereocenters. The Balaban J connectivity index is 1.58. The number of nitrogens with zero attached hydrogens (tertiary/aromatic N) is 2. The fraction of sp³-hybridized carbons (Fsp3) is 0.240. The molecule has 0 unspecified atom stereocenters. The minimum Gasteiger partial charge on any atom is -0.484 e. The van der Waals surface area contributed by atoms with E-state index < -0.39 is 5.91 Å². The van der Waals surface area contributed by atoms with Gasteiger partial charge in [-0.1, -0.05) is 57.2 Å². The Bertz CT molecular complexity index is 1090. The summed E-state index contributed by atoms with van der Waals surface area (Å²) in [6.07, 6.45) is 4.81. The lowest BCUT2D eigenvalue weighted by molar-refractivity contribution is -0.120. The number of nitrogens with one attached hydrogen (secondary N) is 1. The molecular weight excluding hydrogens is 404 g/mol. The molecule has 166 valence electrons. The molecule has 32 heavy (non-hydrogen) atoms. The lowest BCUT2D eigenvalue weighted by Crippen LogP contribution is -2.19. The normalized spacial score (nSPS) is 11.5. The summed E-state index contributed by atoms with van der Waals surface area (Å²) in [7, 11) is 0. The molecule has 0 aliphatic carbocycles. The van der Waals surface area contributed by atoms with Crippen LogP contribution in [0.3, 0.4) is 0 Å². The van der Waals surface area contributed by atoms with Gasteiger partial charge in [-0.2, -0.15) is 5.10 Å². The number of nitrogens with two attached hydrogens (primary N) is 1. The molecule has 0 bridgehead atoms. The fourth-order valence-corrected chi connectivity index (χ4v) is 3.02. The monoisotopic (exact) mass is 432 g/mol. The van der Waals surface area contributed by atoms with Crippen LogP contribution in [-0.2, 0) is 21.5 Å². The van der Waals surface area contributed by atoms with Crippen molar-refractivity contribution in [2.24, 2.45) is 5.73 Å². The van der Waals surface area contributed by atoms with Crippen LogP contribution in [0.4, 0.5) is 5.82 Å². The predicted molar refractivity (Wildman–Crippen MR) is 125 cm³/mol. The average molecular weight is 433 g/mol. The molecule has 0 aliphatic rings. The van der Waals surface area contributed by atoms with Crippen LogP contribution in [0.1, 0.15) is 37.5 Å². The summed E-state index contributed by atoms with van der Waals surface area (Å²) >= 11 is 0. The van der Waals surface area contributed by atoms with Crippen LogP contribution in [0.25, 0.3) is 6.08 Å². The lowest BCUT2D eigenvalue weighted by Gasteiger charge is -2.19. The number of rotatable bonds is 8. The summed E-state index contributed by atoms with van der Waals surface area (Å²) < 4.78 is 6.97. The summed E-state index contributed by atoms with van der Waals surface area (Å²) in [5.74, 6) is 0.357. The molecule has 3 rings (SSSR count). The number of hydrogen-bond acceptors (Lipinski definition) is 4. The molecule has 3 N–H and O–H groups in total. The zero-order valence-electron chi connectivity index (χ0n) is 18.5. The number of carbonyl (C=O) groups is 2. The first kappa shape index (κ1) is 22.8. The Labute approximate surface area is 187 Å². The van der Waals surface area contributed by atoms with Crippen LogP contribution in [0.2, 0.25) is 0 Å². The first-order valence-electron chi connectivity index (χ1n) is 10.3. The Morgan fingerprint density at radius 3 is 2.38 bits per heavy atom. The number of hydrogen-bond donors (Lipinski definition) is 2. The largest absolute Gasteiger partial charge is 0.484 e. The van der Waals surface area contributed by atoms with Crippen molar-refractivity contribution < 1.29 is 14.3 Å². The number of anilines is 1. The smallest absolute Gasteiger partial charge is 0.255 e. The summed E-state index contributed by atoms with van der Waals surface area (Å²) in [6, 6.07) is 17.2. The number of carbonyl (C=O) groups excluding carboxylic acids is 2. The second-order valence-corrected chi connectivity index (χ2v) is 8.47. The van der Waals surface area contributed by atoms with Gasteiger partial charge in [0, 0.05) is 12.1 Å². The fourth-order valence-electron chi connectivity index (χ4n) is 3.02. The van der Waals surface area contributed by atoms with Crippen LogP contribution in [0, 0.1) is 0 Å². The van der Waals surface area contributed by atoms with Gasteiger partial charge in [-0.15, -0.1) is 0 Å². The van der Waals surface area contributed by atoms with Crippen LogP contribution in [0.5, 0.6) is 5.75 Å². The van der Waals surface area contributed by atoms with Crippen molar-refractivity contribution in [2.75, 3.05) is 11.9 Å². The maximum absolute atomic E-state index is 12.4. The van der Waals surface area contributed by atoms with E-state index in [9.17, 15) is 9.59 Å². The number of benzene rings is 2. The van der Waals surface area contributed by atoms with E-state index in [4.69, 9.17) is 10.5 Å². The van der Waals surface area contributed by atoms with Crippen molar-refractivity contribution in [3.8, 4) is 5.75 Å². The van der Waals surface area contributed by atoms with Gasteiger partial charge in [-0.25, -0.2) is 4.68 Å². The highest BCUT2D eigenvalue weighted by molar-refractivity contribution is 6.01. The van der Waals surface area contributed by atoms with Crippen LogP contribution >= 0.6 is 0 Å². The number of ether oxygens (including phenoxy) is 1. The second kappa shape index (κ2) is 9.96. The molecule has 0 saturated carbocycles. The van der Waals surface area contributed by atoms with E-state index >= 15 is 0 Å². The van der Waals surface area contributed by atoms with Gasteiger partial charge in [0.1, 0.15) is 11.6 Å². The summed E-state index contributed by atoms with van der Waals surface area (Å²) in [5, 5.41) is 7.18. The molecule has 0 saturated heterocycles. The van der Waals surface area contributed by atoms with Crippen LogP contribution in [-0.4, -0.2) is 28.2 Å². The highest BCUT2D eigenvalue weighted by atomic mass is 16.5. The number of aromatic nitrogens is 2. The molecule has 3 aromatic rings. The molecule has 7 heteroatoms. The van der Waals surface area contributed by atoms with Crippen LogP contribution in [0.15, 0.2) is 66.9 Å². The van der Waals surface area contributed by atoms with Gasteiger partial charge >= 0.3 is 0 Å². The van der Waals surface area contributed by atoms with Crippen molar-refractivity contribution in [3.05, 3.63) is 83.6 Å². The van der Waals surface area contributed by atoms with Crippen molar-refractivity contribution >= 4 is 23.7 Å². The van der Waals surface area contributed by atoms with E-state index in [0.717, 1.165) is 11.1 Å². The molecule has 0 spiro atoms. The highest BCUT2D eigenvalue weighted by Crippen LogP contribution is 2.22. The minimum absolute atomic E-state index is 0.104. The molecule has 2 aromatic carbocycles. The SMILES string of the molecule is CC(C)(C)c1ccc(Cn2nccc2NC(=O)C=Cc2ccc(OCC(N)=O)cc2)cc1. The molecule has 0 aliphatic heterocycles. The van der Waals surface area contributed by atoms with Gasteiger partial charge in [0.15, 0.2) is 6.61 Å². The van der Waals surface area contributed by atoms with E-state index in [0.29, 0.717) is 18.1 Å². The maximum atomic E-state index is 12.4. The Kier molecular flexibility index (Phi) is 7.10. The van der Waals surface area contributed by atoms with Gasteiger partial charge in [0.25, 0.3) is 5.91 Å². The zero-order chi connectivity index (χ0) is 23.1. The molecule has 1 aromatic heterocycles. The van der Waals surface area contributed by atoms with Gasteiger partial charge in [0.2, 0.25) is 5.91 Å². The number of primary amides is 1. The van der Waals surface area contributed by atoms with Crippen molar-refractivity contribution in [1.82, 2.24) is 9.78 Å². The lowest BCUT2D eigenvalue weighted by atomic mass is 9.87. The van der Waals surface area contributed by atoms with Crippen molar-refractivity contribution in [1.29, 1.82) is 0 Å². The Morgan fingerprint density at radius 2 is 1.75 bits per heavy atom. The van der Waals surface area contributed by atoms with Crippen LogP contribution < -0.4 is 15.8 Å². The molecule has 0 radical (unpaired) electrons. The maximum Gasteiger partial charge on any atom is 0.255 e. The van der Waals surface area contributed by atoms with E-state index in [1.165, 1.54) is 11.6 Å². The van der Waals surface area contributed by atoms with Crippen molar-refractivity contribution in [2.45, 2.75) is 32.7 Å². The summed E-state index contributed by atoms with van der Waals surface area (Å²) in [4.78, 5) is 23.1. The van der Waals surface area contributed by atoms with Gasteiger partial charge < -0.3 is 15.8 Å². The topological polar surface area (TPSA) is 99.2 Å². The van der Waals surface area contributed by atoms with E-state index in [2.05, 4.69) is 55.5 Å². The number of amides is 2. The molecule has 1 heterocycles. The van der Waals surface area contributed by atoms with Crippen molar-refractivity contribution in [3.63, 3.8) is 0 Å². The molecular formula is C25H28N4O3. The quantitative estimate of drug-likeness (QED) is 0.530. The van der Waals surface area contributed by atoms with E-state index in [1.807, 2.05) is 0 Å². The average Bonchev–Trinajstić information content (AvgIpc) is 3.17. The zero-order valence-corrected chi connectivity index (χ0v) is 18.5. The first-order chi connectivity index (χ1) is 15.2. The minimum atomic E-state index is -0.535. The van der Waals surface area contributed by atoms with E-state index in [1.54, 1.807) is 47.3 Å². The van der Waals surface area contributed by atoms with Gasteiger partial charge in [-0.3, -0.25) is 9.59 Å². The summed E-state index contributed by atoms with van der Waals surface area (Å²) in [6.45, 7) is 6.93. The Hall–Kier alpha value is -3.87. The second-order valence-electron chi connectivity index (χ2n) is 8.47. The van der Waals surface area contributed by atoms with E-state index in [-0.39, 0.29) is 17.9 Å². The third kappa shape index (κ3) is 6.57. The van der Waals surface area contributed by atoms with Gasteiger partial charge in [0.05, 0.1) is 12.7 Å². The van der Waals surface area contributed by atoms with Gasteiger partial charge in [-0.05, 0) is 40.3 Å². The highest BCUT2D eigenvalue weighted by Gasteiger charge is 2.13. The Morgan fingerprint density at radius 1 is 1.06 bits per heavy atom. The molecule has 2 amide bonds. The standard InChI is InChI=1S/C25H28N4O3/c1-25(2,3)20-9-4-19(5-10-20)16-29-23(14-15-27-29)28-24(31)13-8-18-6-11-21(12-7-18)32-17-22(26)30/h4-15H,16-17H2,1-3H3,(H2,26,30)(H,28,31). The predicted octanol–water partition coefficient (Wildman–Crippen LogP) is 3.74.